The summed E-state index contributed by atoms with van der Waals surface area (Å²) in [7, 11) is 0. The molecule has 0 bridgehead atoms. The number of nitrogens with one attached hydrogen (secondary N) is 1. The Bertz CT molecular complexity index is 1120. The minimum atomic E-state index is -4.69. The van der Waals surface area contributed by atoms with Gasteiger partial charge in [-0.15, -0.1) is 0 Å². The number of para-hydroxylation sites is 1. The van der Waals surface area contributed by atoms with E-state index in [1.54, 1.807) is 0 Å². The average molecular weight is 405 g/mol. The molecule has 3 rings (SSSR count). The fraction of sp³-hybridized carbons (Fsp3) is 0.238. The number of aryl methyl sites for hydroxylation is 2. The molecule has 0 saturated heterocycles. The standard InChI is InChI=1S/C21H18F3NO4/c1-3-13-6-4-5-12(2)20(13)25-18(26)11-28-14-7-8-15-16(21(22,23)24)10-19(27)29-17(15)9-14/h4-10H,3,11H2,1-2H3,(H,25,26). The Labute approximate surface area is 164 Å². The Morgan fingerprint density at radius 1 is 1.17 bits per heavy atom. The van der Waals surface area contributed by atoms with E-state index < -0.39 is 23.3 Å². The summed E-state index contributed by atoms with van der Waals surface area (Å²) in [4.78, 5) is 23.7. The minimum Gasteiger partial charge on any atom is -0.484 e. The molecule has 0 aliphatic carbocycles. The zero-order valence-corrected chi connectivity index (χ0v) is 15.7. The molecule has 1 amide bonds. The van der Waals surface area contributed by atoms with E-state index in [2.05, 4.69) is 5.32 Å². The quantitative estimate of drug-likeness (QED) is 0.625. The molecule has 5 nitrogen and oxygen atoms in total. The van der Waals surface area contributed by atoms with Crippen molar-refractivity contribution < 1.29 is 27.1 Å². The Morgan fingerprint density at radius 3 is 2.62 bits per heavy atom. The Hall–Kier alpha value is -3.29. The van der Waals surface area contributed by atoms with Crippen LogP contribution in [-0.2, 0) is 17.4 Å². The summed E-state index contributed by atoms with van der Waals surface area (Å²) in [6.45, 7) is 3.49. The highest BCUT2D eigenvalue weighted by atomic mass is 19.4. The number of halogens is 3. The number of fused-ring (bicyclic) bond motifs is 1. The molecule has 8 heteroatoms. The monoisotopic (exact) mass is 405 g/mol. The van der Waals surface area contributed by atoms with Gasteiger partial charge in [0.1, 0.15) is 11.3 Å². The summed E-state index contributed by atoms with van der Waals surface area (Å²) >= 11 is 0. The fourth-order valence-electron chi connectivity index (χ4n) is 2.99. The van der Waals surface area contributed by atoms with Crippen LogP contribution in [-0.4, -0.2) is 12.5 Å². The van der Waals surface area contributed by atoms with Gasteiger partial charge in [0.25, 0.3) is 5.91 Å². The number of carbonyl (C=O) groups is 1. The number of amides is 1. The maximum atomic E-state index is 13.1. The van der Waals surface area contributed by atoms with Crippen LogP contribution in [0, 0.1) is 6.92 Å². The SMILES string of the molecule is CCc1cccc(C)c1NC(=O)COc1ccc2c(C(F)(F)F)cc(=O)oc2c1. The van der Waals surface area contributed by atoms with Gasteiger partial charge in [0.15, 0.2) is 6.61 Å². The maximum Gasteiger partial charge on any atom is 0.417 e. The van der Waals surface area contributed by atoms with E-state index in [1.807, 2.05) is 32.0 Å². The van der Waals surface area contributed by atoms with E-state index in [4.69, 9.17) is 9.15 Å². The molecule has 152 valence electrons. The number of benzene rings is 2. The third-order valence-electron chi connectivity index (χ3n) is 4.40. The Morgan fingerprint density at radius 2 is 1.93 bits per heavy atom. The van der Waals surface area contributed by atoms with Gasteiger partial charge in [-0.2, -0.15) is 13.2 Å². The summed E-state index contributed by atoms with van der Waals surface area (Å²) in [5, 5.41) is 2.53. The predicted octanol–water partition coefficient (Wildman–Crippen LogP) is 4.70. The molecule has 1 N–H and O–H groups in total. The third-order valence-corrected chi connectivity index (χ3v) is 4.40. The van der Waals surface area contributed by atoms with Gasteiger partial charge in [-0.25, -0.2) is 4.79 Å². The molecule has 0 spiro atoms. The topological polar surface area (TPSA) is 68.5 Å². The number of anilines is 1. The van der Waals surface area contributed by atoms with Gasteiger partial charge in [0, 0.05) is 23.2 Å². The molecule has 0 aliphatic heterocycles. The van der Waals surface area contributed by atoms with Crippen LogP contribution < -0.4 is 15.7 Å². The smallest absolute Gasteiger partial charge is 0.417 e. The fourth-order valence-corrected chi connectivity index (χ4v) is 2.99. The van der Waals surface area contributed by atoms with Crippen molar-refractivity contribution in [1.29, 1.82) is 0 Å². The van der Waals surface area contributed by atoms with E-state index in [-0.39, 0.29) is 23.3 Å². The highest BCUT2D eigenvalue weighted by molar-refractivity contribution is 5.93. The first-order chi connectivity index (χ1) is 13.7. The first-order valence-corrected chi connectivity index (χ1v) is 8.85. The third kappa shape index (κ3) is 4.59. The molecule has 0 saturated carbocycles. The van der Waals surface area contributed by atoms with E-state index in [0.29, 0.717) is 11.8 Å². The molecule has 0 radical (unpaired) electrons. The number of carbonyl (C=O) groups excluding carboxylic acids is 1. The lowest BCUT2D eigenvalue weighted by atomic mass is 10.1. The van der Waals surface area contributed by atoms with Crippen LogP contribution in [0.15, 0.2) is 51.7 Å². The lowest BCUT2D eigenvalue weighted by Gasteiger charge is -2.14. The Kier molecular flexibility index (Phi) is 5.63. The molecule has 1 aromatic heterocycles. The van der Waals surface area contributed by atoms with Crippen LogP contribution in [0.3, 0.4) is 0 Å². The highest BCUT2D eigenvalue weighted by Gasteiger charge is 2.33. The molecule has 0 aliphatic rings. The summed E-state index contributed by atoms with van der Waals surface area (Å²) in [6.07, 6.45) is -3.95. The molecule has 0 fully saturated rings. The van der Waals surface area contributed by atoms with Crippen molar-refractivity contribution in [3.63, 3.8) is 0 Å². The van der Waals surface area contributed by atoms with Crippen LogP contribution in [0.5, 0.6) is 5.75 Å². The molecule has 3 aromatic rings. The lowest BCUT2D eigenvalue weighted by molar-refractivity contribution is -0.136. The number of ether oxygens (including phenoxy) is 1. The van der Waals surface area contributed by atoms with Crippen LogP contribution in [0.2, 0.25) is 0 Å². The largest absolute Gasteiger partial charge is 0.484 e. The van der Waals surface area contributed by atoms with Crippen molar-refractivity contribution >= 4 is 22.6 Å². The molecule has 2 aromatic carbocycles. The summed E-state index contributed by atoms with van der Waals surface area (Å²) < 4.78 is 49.5. The van der Waals surface area contributed by atoms with Crippen molar-refractivity contribution in [2.45, 2.75) is 26.4 Å². The normalized spacial score (nSPS) is 11.5. The van der Waals surface area contributed by atoms with Crippen LogP contribution in [0.4, 0.5) is 18.9 Å². The van der Waals surface area contributed by atoms with Crippen LogP contribution in [0.25, 0.3) is 11.0 Å². The van der Waals surface area contributed by atoms with Gasteiger partial charge in [-0.1, -0.05) is 25.1 Å². The predicted molar refractivity (Wildman–Crippen MR) is 102 cm³/mol. The number of rotatable bonds is 5. The van der Waals surface area contributed by atoms with Gasteiger partial charge in [0.2, 0.25) is 0 Å². The van der Waals surface area contributed by atoms with E-state index in [1.165, 1.54) is 6.07 Å². The molecule has 0 unspecified atom stereocenters. The van der Waals surface area contributed by atoms with Gasteiger partial charge < -0.3 is 14.5 Å². The van der Waals surface area contributed by atoms with Crippen molar-refractivity contribution in [2.75, 3.05) is 11.9 Å². The van der Waals surface area contributed by atoms with Crippen molar-refractivity contribution in [2.24, 2.45) is 0 Å². The average Bonchev–Trinajstić information content (AvgIpc) is 2.66. The molecular weight excluding hydrogens is 387 g/mol. The molecule has 1 heterocycles. The second-order valence-corrected chi connectivity index (χ2v) is 6.43. The zero-order chi connectivity index (χ0) is 21.2. The zero-order valence-electron chi connectivity index (χ0n) is 15.7. The molecular formula is C21H18F3NO4. The van der Waals surface area contributed by atoms with E-state index >= 15 is 0 Å². The van der Waals surface area contributed by atoms with Crippen LogP contribution in [0.1, 0.15) is 23.6 Å². The van der Waals surface area contributed by atoms with E-state index in [0.717, 1.165) is 29.7 Å². The van der Waals surface area contributed by atoms with Gasteiger partial charge in [-0.05, 0) is 36.6 Å². The van der Waals surface area contributed by atoms with Gasteiger partial charge in [-0.3, -0.25) is 4.79 Å². The van der Waals surface area contributed by atoms with Crippen molar-refractivity contribution in [3.8, 4) is 5.75 Å². The summed E-state index contributed by atoms with van der Waals surface area (Å²) in [5.74, 6) is -0.310. The number of hydrogen-bond acceptors (Lipinski definition) is 4. The van der Waals surface area contributed by atoms with Gasteiger partial charge >= 0.3 is 11.8 Å². The first kappa shape index (κ1) is 20.4. The van der Waals surface area contributed by atoms with Crippen molar-refractivity contribution in [1.82, 2.24) is 0 Å². The van der Waals surface area contributed by atoms with Crippen molar-refractivity contribution in [3.05, 3.63) is 69.6 Å². The lowest BCUT2D eigenvalue weighted by Crippen LogP contribution is -2.21. The summed E-state index contributed by atoms with van der Waals surface area (Å²) in [6, 6.07) is 9.68. The second kappa shape index (κ2) is 7.98. The second-order valence-electron chi connectivity index (χ2n) is 6.43. The van der Waals surface area contributed by atoms with Gasteiger partial charge in [0.05, 0.1) is 5.56 Å². The highest BCUT2D eigenvalue weighted by Crippen LogP contribution is 2.34. The number of alkyl halides is 3. The first-order valence-electron chi connectivity index (χ1n) is 8.85. The van der Waals surface area contributed by atoms with Crippen LogP contribution >= 0.6 is 0 Å². The molecule has 29 heavy (non-hydrogen) atoms. The number of hydrogen-bond donors (Lipinski definition) is 1. The summed E-state index contributed by atoms with van der Waals surface area (Å²) in [5.41, 5.74) is 0.124. The maximum absolute atomic E-state index is 13.1. The molecule has 0 atom stereocenters. The Balaban J connectivity index is 1.78. The van der Waals surface area contributed by atoms with E-state index in [9.17, 15) is 22.8 Å². The minimum absolute atomic E-state index is 0.107.